The van der Waals surface area contributed by atoms with Crippen molar-refractivity contribution < 1.29 is 14.3 Å². The van der Waals surface area contributed by atoms with E-state index in [1.165, 1.54) is 44.9 Å². The summed E-state index contributed by atoms with van der Waals surface area (Å²) in [4.78, 5) is 11.4. The van der Waals surface area contributed by atoms with E-state index in [4.69, 9.17) is 15.2 Å². The number of hydrogen-bond donors (Lipinski definition) is 1. The van der Waals surface area contributed by atoms with Crippen molar-refractivity contribution >= 4 is 5.97 Å². The number of esters is 1. The first kappa shape index (κ1) is 19.4. The number of nitrogens with two attached hydrogens (primary N) is 1. The summed E-state index contributed by atoms with van der Waals surface area (Å²) in [6.45, 7) is 4.06. The molecule has 0 rings (SSSR count). The molecule has 0 aliphatic heterocycles. The summed E-state index contributed by atoms with van der Waals surface area (Å²) in [5.74, 6) is -0.107. The smallest absolute Gasteiger partial charge is 0.305 e. The highest BCUT2D eigenvalue weighted by atomic mass is 16.6. The molecule has 0 aliphatic rings. The van der Waals surface area contributed by atoms with Gasteiger partial charge in [-0.1, -0.05) is 58.3 Å². The second-order valence-corrected chi connectivity index (χ2v) is 5.20. The number of rotatable bonds is 15. The van der Waals surface area contributed by atoms with Gasteiger partial charge in [-0.05, 0) is 6.42 Å². The first-order valence-electron chi connectivity index (χ1n) is 8.24. The quantitative estimate of drug-likeness (QED) is 0.370. The predicted molar refractivity (Wildman–Crippen MR) is 82.7 cm³/mol. The van der Waals surface area contributed by atoms with Gasteiger partial charge in [0.25, 0.3) is 0 Å². The third-order valence-corrected chi connectivity index (χ3v) is 3.24. The van der Waals surface area contributed by atoms with Crippen molar-refractivity contribution in [2.45, 2.75) is 71.1 Å². The van der Waals surface area contributed by atoms with Crippen LogP contribution in [0.2, 0.25) is 0 Å². The summed E-state index contributed by atoms with van der Waals surface area (Å²) in [6, 6.07) is 0. The molecule has 0 heterocycles. The average Bonchev–Trinajstić information content (AvgIpc) is 2.45. The molecule has 20 heavy (non-hydrogen) atoms. The fourth-order valence-electron chi connectivity index (χ4n) is 2.05. The Bertz CT molecular complexity index is 210. The van der Waals surface area contributed by atoms with Crippen LogP contribution in [-0.4, -0.2) is 32.3 Å². The van der Waals surface area contributed by atoms with Crippen LogP contribution < -0.4 is 5.73 Å². The van der Waals surface area contributed by atoms with E-state index in [2.05, 4.69) is 6.92 Å². The normalized spacial score (nSPS) is 10.7. The molecular weight excluding hydrogens is 254 g/mol. The molecule has 0 aromatic heterocycles. The second kappa shape index (κ2) is 16.4. The van der Waals surface area contributed by atoms with Crippen molar-refractivity contribution in [1.29, 1.82) is 0 Å². The van der Waals surface area contributed by atoms with E-state index in [-0.39, 0.29) is 5.97 Å². The molecule has 0 saturated carbocycles. The number of hydrogen-bond acceptors (Lipinski definition) is 4. The van der Waals surface area contributed by atoms with Crippen molar-refractivity contribution in [3.05, 3.63) is 0 Å². The summed E-state index contributed by atoms with van der Waals surface area (Å²) in [7, 11) is 0. The zero-order valence-corrected chi connectivity index (χ0v) is 13.2. The van der Waals surface area contributed by atoms with Gasteiger partial charge in [0.2, 0.25) is 0 Å². The highest BCUT2D eigenvalue weighted by Crippen LogP contribution is 2.10. The fourth-order valence-corrected chi connectivity index (χ4v) is 2.05. The maximum absolute atomic E-state index is 11.4. The zero-order valence-electron chi connectivity index (χ0n) is 13.2. The van der Waals surface area contributed by atoms with Crippen molar-refractivity contribution in [2.24, 2.45) is 5.73 Å². The van der Waals surface area contributed by atoms with E-state index >= 15 is 0 Å². The third kappa shape index (κ3) is 15.4. The SMILES string of the molecule is CCCCCCCCCCCC(=O)OCCOCCN. The number of carbonyl (C=O) groups is 1. The second-order valence-electron chi connectivity index (χ2n) is 5.20. The molecule has 0 fully saturated rings. The molecule has 4 nitrogen and oxygen atoms in total. The molecule has 0 aromatic carbocycles. The van der Waals surface area contributed by atoms with Crippen LogP contribution in [0.15, 0.2) is 0 Å². The molecule has 0 unspecified atom stereocenters. The number of ether oxygens (including phenoxy) is 2. The third-order valence-electron chi connectivity index (χ3n) is 3.24. The monoisotopic (exact) mass is 287 g/mol. The minimum Gasteiger partial charge on any atom is -0.463 e. The van der Waals surface area contributed by atoms with Crippen LogP contribution in [0.3, 0.4) is 0 Å². The van der Waals surface area contributed by atoms with E-state index < -0.39 is 0 Å². The summed E-state index contributed by atoms with van der Waals surface area (Å²) in [6.07, 6.45) is 11.9. The molecule has 120 valence electrons. The van der Waals surface area contributed by atoms with Gasteiger partial charge in [-0.15, -0.1) is 0 Å². The molecular formula is C16H33NO3. The first-order valence-corrected chi connectivity index (χ1v) is 8.24. The van der Waals surface area contributed by atoms with Crippen LogP contribution in [0, 0.1) is 0 Å². The van der Waals surface area contributed by atoms with Crippen LogP contribution in [0.5, 0.6) is 0 Å². The van der Waals surface area contributed by atoms with Gasteiger partial charge in [0, 0.05) is 13.0 Å². The molecule has 4 heteroatoms. The van der Waals surface area contributed by atoms with Crippen LogP contribution >= 0.6 is 0 Å². The van der Waals surface area contributed by atoms with Crippen molar-refractivity contribution in [3.63, 3.8) is 0 Å². The molecule has 0 saturated heterocycles. The van der Waals surface area contributed by atoms with E-state index in [0.717, 1.165) is 12.8 Å². The Balaban J connectivity index is 3.11. The molecule has 2 N–H and O–H groups in total. The number of unbranched alkanes of at least 4 members (excludes halogenated alkanes) is 8. The van der Waals surface area contributed by atoms with Crippen LogP contribution in [0.25, 0.3) is 0 Å². The van der Waals surface area contributed by atoms with E-state index in [1.54, 1.807) is 0 Å². The fraction of sp³-hybridized carbons (Fsp3) is 0.938. The highest BCUT2D eigenvalue weighted by molar-refractivity contribution is 5.69. The molecule has 0 amide bonds. The van der Waals surface area contributed by atoms with Crippen molar-refractivity contribution in [3.8, 4) is 0 Å². The van der Waals surface area contributed by atoms with Crippen LogP contribution in [-0.2, 0) is 14.3 Å². The van der Waals surface area contributed by atoms with E-state index in [1.807, 2.05) is 0 Å². The Hall–Kier alpha value is -0.610. The molecule has 0 spiro atoms. The minimum absolute atomic E-state index is 0.107. The largest absolute Gasteiger partial charge is 0.463 e. The van der Waals surface area contributed by atoms with E-state index in [9.17, 15) is 4.79 Å². The van der Waals surface area contributed by atoms with Crippen molar-refractivity contribution in [1.82, 2.24) is 0 Å². The highest BCUT2D eigenvalue weighted by Gasteiger charge is 2.02. The van der Waals surface area contributed by atoms with Crippen LogP contribution in [0.1, 0.15) is 71.1 Å². The Morgan fingerprint density at radius 3 is 2.05 bits per heavy atom. The summed E-state index contributed by atoms with van der Waals surface area (Å²) < 4.78 is 10.2. The van der Waals surface area contributed by atoms with Gasteiger partial charge in [-0.3, -0.25) is 4.79 Å². The molecule has 0 aliphatic carbocycles. The lowest BCUT2D eigenvalue weighted by Crippen LogP contribution is -2.14. The Morgan fingerprint density at radius 2 is 1.45 bits per heavy atom. The lowest BCUT2D eigenvalue weighted by atomic mass is 10.1. The van der Waals surface area contributed by atoms with Crippen molar-refractivity contribution in [2.75, 3.05) is 26.4 Å². The molecule has 0 atom stereocenters. The first-order chi connectivity index (χ1) is 9.81. The maximum atomic E-state index is 11.4. The average molecular weight is 287 g/mol. The van der Waals surface area contributed by atoms with Crippen LogP contribution in [0.4, 0.5) is 0 Å². The summed E-state index contributed by atoms with van der Waals surface area (Å²) in [5, 5.41) is 0. The van der Waals surface area contributed by atoms with Gasteiger partial charge in [0.15, 0.2) is 0 Å². The number of carbonyl (C=O) groups excluding carboxylic acids is 1. The topological polar surface area (TPSA) is 61.5 Å². The maximum Gasteiger partial charge on any atom is 0.305 e. The Labute approximate surface area is 124 Å². The Kier molecular flexibility index (Phi) is 15.9. The van der Waals surface area contributed by atoms with Gasteiger partial charge in [0.05, 0.1) is 13.2 Å². The molecule has 0 radical (unpaired) electrons. The van der Waals surface area contributed by atoms with Gasteiger partial charge in [-0.2, -0.15) is 0 Å². The molecule has 0 aromatic rings. The van der Waals surface area contributed by atoms with Gasteiger partial charge >= 0.3 is 5.97 Å². The van der Waals surface area contributed by atoms with Gasteiger partial charge < -0.3 is 15.2 Å². The lowest BCUT2D eigenvalue weighted by Gasteiger charge is -2.05. The molecule has 0 bridgehead atoms. The standard InChI is InChI=1S/C16H33NO3/c1-2-3-4-5-6-7-8-9-10-11-16(18)20-15-14-19-13-12-17/h2-15,17H2,1H3. The van der Waals surface area contributed by atoms with Gasteiger partial charge in [-0.25, -0.2) is 0 Å². The summed E-state index contributed by atoms with van der Waals surface area (Å²) >= 11 is 0. The minimum atomic E-state index is -0.107. The Morgan fingerprint density at radius 1 is 0.850 bits per heavy atom. The lowest BCUT2D eigenvalue weighted by molar-refractivity contribution is -0.145. The predicted octanol–water partition coefficient (Wildman–Crippen LogP) is 3.43. The van der Waals surface area contributed by atoms with E-state index in [0.29, 0.717) is 32.8 Å². The zero-order chi connectivity index (χ0) is 14.9. The summed E-state index contributed by atoms with van der Waals surface area (Å²) in [5.41, 5.74) is 5.28. The van der Waals surface area contributed by atoms with Gasteiger partial charge in [0.1, 0.15) is 6.61 Å².